The highest BCUT2D eigenvalue weighted by molar-refractivity contribution is 5.76. The Morgan fingerprint density at radius 3 is 2.50 bits per heavy atom. The molecular weight excluding hydrogens is 298 g/mol. The summed E-state index contributed by atoms with van der Waals surface area (Å²) in [6, 6.07) is 18.3. The van der Waals surface area contributed by atoms with Gasteiger partial charge in [-0.1, -0.05) is 42.5 Å². The smallest absolute Gasteiger partial charge is 0.220 e. The molecule has 0 fully saturated rings. The van der Waals surface area contributed by atoms with E-state index in [1.807, 2.05) is 44.2 Å². The van der Waals surface area contributed by atoms with E-state index in [4.69, 9.17) is 4.74 Å². The quantitative estimate of drug-likeness (QED) is 0.703. The molecule has 0 heterocycles. The first kappa shape index (κ1) is 18.1. The van der Waals surface area contributed by atoms with Gasteiger partial charge in [-0.05, 0) is 56.4 Å². The van der Waals surface area contributed by atoms with Crippen molar-refractivity contribution in [2.24, 2.45) is 0 Å². The molecule has 3 nitrogen and oxygen atoms in total. The maximum Gasteiger partial charge on any atom is 0.220 e. The lowest BCUT2D eigenvalue weighted by Crippen LogP contribution is -2.24. The fourth-order valence-corrected chi connectivity index (χ4v) is 2.56. The van der Waals surface area contributed by atoms with E-state index < -0.39 is 0 Å². The third-order valence-electron chi connectivity index (χ3n) is 3.72. The Morgan fingerprint density at radius 1 is 1.00 bits per heavy atom. The van der Waals surface area contributed by atoms with Crippen LogP contribution in [0.4, 0.5) is 0 Å². The largest absolute Gasteiger partial charge is 0.491 e. The van der Waals surface area contributed by atoms with Crippen LogP contribution in [0.15, 0.2) is 54.6 Å². The zero-order chi connectivity index (χ0) is 17.2. The number of ether oxygens (including phenoxy) is 1. The predicted octanol–water partition coefficient (Wildman–Crippen LogP) is 4.16. The number of carbonyl (C=O) groups excluding carboxylic acids is 1. The van der Waals surface area contributed by atoms with Gasteiger partial charge in [-0.25, -0.2) is 0 Å². The summed E-state index contributed by atoms with van der Waals surface area (Å²) in [4.78, 5) is 11.9. The van der Waals surface area contributed by atoms with Crippen LogP contribution >= 0.6 is 0 Å². The van der Waals surface area contributed by atoms with Crippen molar-refractivity contribution in [3.8, 4) is 5.75 Å². The molecule has 0 saturated carbocycles. The minimum Gasteiger partial charge on any atom is -0.491 e. The van der Waals surface area contributed by atoms with Gasteiger partial charge < -0.3 is 10.1 Å². The van der Waals surface area contributed by atoms with E-state index in [9.17, 15) is 4.79 Å². The van der Waals surface area contributed by atoms with Gasteiger partial charge in [0.15, 0.2) is 0 Å². The summed E-state index contributed by atoms with van der Waals surface area (Å²) in [6.45, 7) is 4.76. The number of nitrogens with one attached hydrogen (secondary N) is 1. The second-order valence-electron chi connectivity index (χ2n) is 6.25. The summed E-state index contributed by atoms with van der Waals surface area (Å²) >= 11 is 0. The Bertz CT molecular complexity index is 623. The molecule has 0 radical (unpaired) electrons. The second-order valence-corrected chi connectivity index (χ2v) is 6.25. The zero-order valence-electron chi connectivity index (χ0n) is 14.6. The average Bonchev–Trinajstić information content (AvgIpc) is 2.58. The monoisotopic (exact) mass is 325 g/mol. The van der Waals surface area contributed by atoms with Gasteiger partial charge in [-0.3, -0.25) is 4.79 Å². The molecule has 128 valence electrons. The highest BCUT2D eigenvalue weighted by atomic mass is 16.5. The van der Waals surface area contributed by atoms with Crippen molar-refractivity contribution in [3.63, 3.8) is 0 Å². The first-order valence-electron chi connectivity index (χ1n) is 8.69. The summed E-state index contributed by atoms with van der Waals surface area (Å²) in [5, 5.41) is 3.00. The Balaban J connectivity index is 1.64. The van der Waals surface area contributed by atoms with Crippen molar-refractivity contribution in [1.29, 1.82) is 0 Å². The van der Waals surface area contributed by atoms with Crippen molar-refractivity contribution in [1.82, 2.24) is 5.32 Å². The summed E-state index contributed by atoms with van der Waals surface area (Å²) in [6.07, 6.45) is 3.39. The molecule has 0 saturated heterocycles. The highest BCUT2D eigenvalue weighted by Crippen LogP contribution is 2.15. The van der Waals surface area contributed by atoms with E-state index in [1.54, 1.807) is 0 Å². The van der Waals surface area contributed by atoms with Gasteiger partial charge in [0.2, 0.25) is 5.91 Å². The Kier molecular flexibility index (Phi) is 7.34. The number of hydrogen-bond donors (Lipinski definition) is 1. The summed E-state index contributed by atoms with van der Waals surface area (Å²) in [5.41, 5.74) is 2.45. The maximum atomic E-state index is 11.9. The Hall–Kier alpha value is -2.29. The number of hydrogen-bond acceptors (Lipinski definition) is 2. The van der Waals surface area contributed by atoms with Gasteiger partial charge in [-0.2, -0.15) is 0 Å². The molecule has 2 aromatic carbocycles. The van der Waals surface area contributed by atoms with Crippen LogP contribution in [0.1, 0.15) is 37.8 Å². The Morgan fingerprint density at radius 2 is 1.75 bits per heavy atom. The van der Waals surface area contributed by atoms with E-state index in [0.29, 0.717) is 13.0 Å². The minimum absolute atomic E-state index is 0.121. The van der Waals surface area contributed by atoms with Crippen molar-refractivity contribution in [2.45, 2.75) is 45.6 Å². The van der Waals surface area contributed by atoms with Crippen LogP contribution in [0.5, 0.6) is 5.75 Å². The molecule has 0 atom stereocenters. The van der Waals surface area contributed by atoms with E-state index >= 15 is 0 Å². The molecule has 1 N–H and O–H groups in total. The molecule has 0 unspecified atom stereocenters. The fraction of sp³-hybridized carbons (Fsp3) is 0.381. The number of aryl methyl sites for hydroxylation is 2. The third-order valence-corrected chi connectivity index (χ3v) is 3.72. The fourth-order valence-electron chi connectivity index (χ4n) is 2.56. The van der Waals surface area contributed by atoms with Crippen LogP contribution in [0.25, 0.3) is 0 Å². The molecule has 0 aromatic heterocycles. The number of carbonyl (C=O) groups is 1. The van der Waals surface area contributed by atoms with Gasteiger partial charge in [-0.15, -0.1) is 0 Å². The molecule has 3 heteroatoms. The molecule has 0 spiro atoms. The minimum atomic E-state index is 0.121. The lowest BCUT2D eigenvalue weighted by Gasteiger charge is -2.11. The van der Waals surface area contributed by atoms with Gasteiger partial charge in [0.1, 0.15) is 5.75 Å². The topological polar surface area (TPSA) is 38.3 Å². The average molecular weight is 325 g/mol. The van der Waals surface area contributed by atoms with Gasteiger partial charge >= 0.3 is 0 Å². The molecule has 0 aliphatic carbocycles. The number of amides is 1. The lowest BCUT2D eigenvalue weighted by atomic mass is 10.1. The van der Waals surface area contributed by atoms with Gasteiger partial charge in [0.25, 0.3) is 0 Å². The van der Waals surface area contributed by atoms with Crippen LogP contribution < -0.4 is 10.1 Å². The van der Waals surface area contributed by atoms with E-state index in [-0.39, 0.29) is 12.0 Å². The molecule has 0 bridgehead atoms. The summed E-state index contributed by atoms with van der Waals surface area (Å²) in [7, 11) is 0. The zero-order valence-corrected chi connectivity index (χ0v) is 14.6. The standard InChI is InChI=1S/C21H27NO2/c1-17(2)24-20-12-6-10-19(16-20)11-7-15-22-21(23)14-13-18-8-4-3-5-9-18/h3-6,8-10,12,16-17H,7,11,13-15H2,1-2H3,(H,22,23). The third kappa shape index (κ3) is 6.86. The maximum absolute atomic E-state index is 11.9. The number of benzene rings is 2. The summed E-state index contributed by atoms with van der Waals surface area (Å²) < 4.78 is 5.70. The highest BCUT2D eigenvalue weighted by Gasteiger charge is 2.03. The molecule has 2 aromatic rings. The second kappa shape index (κ2) is 9.76. The van der Waals surface area contributed by atoms with Crippen LogP contribution in [0.3, 0.4) is 0 Å². The number of rotatable bonds is 9. The first-order valence-corrected chi connectivity index (χ1v) is 8.69. The van der Waals surface area contributed by atoms with E-state index in [1.165, 1.54) is 11.1 Å². The molecule has 1 amide bonds. The van der Waals surface area contributed by atoms with Crippen molar-refractivity contribution in [3.05, 3.63) is 65.7 Å². The van der Waals surface area contributed by atoms with Crippen LogP contribution in [-0.4, -0.2) is 18.6 Å². The van der Waals surface area contributed by atoms with E-state index in [0.717, 1.165) is 25.0 Å². The normalized spacial score (nSPS) is 10.6. The van der Waals surface area contributed by atoms with Crippen molar-refractivity contribution in [2.75, 3.05) is 6.54 Å². The lowest BCUT2D eigenvalue weighted by molar-refractivity contribution is -0.121. The van der Waals surface area contributed by atoms with Crippen molar-refractivity contribution < 1.29 is 9.53 Å². The van der Waals surface area contributed by atoms with Crippen molar-refractivity contribution >= 4 is 5.91 Å². The van der Waals surface area contributed by atoms with Crippen LogP contribution in [0, 0.1) is 0 Å². The SMILES string of the molecule is CC(C)Oc1cccc(CCCNC(=O)CCc2ccccc2)c1. The summed E-state index contributed by atoms with van der Waals surface area (Å²) in [5.74, 6) is 1.03. The Labute approximate surface area is 145 Å². The van der Waals surface area contributed by atoms with E-state index in [2.05, 4.69) is 29.6 Å². The molecule has 24 heavy (non-hydrogen) atoms. The van der Waals surface area contributed by atoms with Gasteiger partial charge in [0, 0.05) is 13.0 Å². The predicted molar refractivity (Wildman–Crippen MR) is 98.3 cm³/mol. The van der Waals surface area contributed by atoms with Gasteiger partial charge in [0.05, 0.1) is 6.10 Å². The first-order chi connectivity index (χ1) is 11.6. The molecule has 2 rings (SSSR count). The van der Waals surface area contributed by atoms with Crippen LogP contribution in [0.2, 0.25) is 0 Å². The van der Waals surface area contributed by atoms with Crippen LogP contribution in [-0.2, 0) is 17.6 Å². The molecule has 0 aliphatic rings. The molecule has 0 aliphatic heterocycles. The molecular formula is C21H27NO2.